The van der Waals surface area contributed by atoms with Gasteiger partial charge in [-0.1, -0.05) is 30.4 Å². The molecule has 0 atom stereocenters. The molecule has 0 saturated carbocycles. The largest absolute Gasteiger partial charge is 0.367 e. The average molecular weight is 241 g/mol. The Hall–Kier alpha value is -0.880. The molecule has 0 bridgehead atoms. The summed E-state index contributed by atoms with van der Waals surface area (Å²) < 4.78 is 0. The van der Waals surface area contributed by atoms with Gasteiger partial charge in [0.1, 0.15) is 0 Å². The summed E-state index contributed by atoms with van der Waals surface area (Å²) in [5.41, 5.74) is 0.601. The van der Waals surface area contributed by atoms with Gasteiger partial charge in [-0.15, -0.1) is 0 Å². The van der Waals surface area contributed by atoms with Gasteiger partial charge < -0.3 is 15.5 Å². The van der Waals surface area contributed by atoms with Gasteiger partial charge in [0.15, 0.2) is 12.1 Å². The Labute approximate surface area is 99.7 Å². The van der Waals surface area contributed by atoms with Crippen LogP contribution < -0.4 is 5.32 Å². The SMILES string of the molecule is O=C(CCNCC(O)O)C1=CC=CCC1=S. The van der Waals surface area contributed by atoms with Crippen LogP contribution in [0.5, 0.6) is 0 Å². The van der Waals surface area contributed by atoms with E-state index in [2.05, 4.69) is 5.32 Å². The predicted molar refractivity (Wildman–Crippen MR) is 65.2 cm³/mol. The van der Waals surface area contributed by atoms with E-state index in [9.17, 15) is 4.79 Å². The number of ketones is 1. The lowest BCUT2D eigenvalue weighted by Gasteiger charge is -2.10. The molecule has 5 heteroatoms. The standard InChI is InChI=1S/C11H15NO3S/c13-9(5-6-12-7-11(14)15)8-3-1-2-4-10(8)16/h1-3,11-12,14-15H,4-7H2. The molecule has 0 aliphatic heterocycles. The second-order valence-corrected chi connectivity index (χ2v) is 3.99. The van der Waals surface area contributed by atoms with E-state index in [0.717, 1.165) is 0 Å². The molecule has 4 nitrogen and oxygen atoms in total. The molecule has 0 aromatic heterocycles. The molecule has 0 fully saturated rings. The number of aliphatic hydroxyl groups excluding tert-OH is 1. The van der Waals surface area contributed by atoms with Crippen LogP contribution in [0.1, 0.15) is 12.8 Å². The summed E-state index contributed by atoms with van der Waals surface area (Å²) in [6, 6.07) is 0. The molecule has 16 heavy (non-hydrogen) atoms. The zero-order valence-electron chi connectivity index (χ0n) is 8.85. The fraction of sp³-hybridized carbons (Fsp3) is 0.455. The maximum atomic E-state index is 11.7. The Kier molecular flexibility index (Phi) is 5.48. The van der Waals surface area contributed by atoms with Crippen molar-refractivity contribution in [3.8, 4) is 0 Å². The van der Waals surface area contributed by atoms with Crippen molar-refractivity contribution in [3.63, 3.8) is 0 Å². The first-order valence-corrected chi connectivity index (χ1v) is 5.52. The zero-order valence-corrected chi connectivity index (χ0v) is 9.67. The molecule has 0 aromatic rings. The number of Topliss-reactive ketones (excluding diaryl/α,β-unsaturated/α-hetero) is 1. The minimum atomic E-state index is -1.38. The van der Waals surface area contributed by atoms with Gasteiger partial charge in [0.25, 0.3) is 0 Å². The number of aliphatic hydroxyl groups is 2. The molecule has 0 heterocycles. The van der Waals surface area contributed by atoms with E-state index in [1.54, 1.807) is 6.08 Å². The minimum Gasteiger partial charge on any atom is -0.367 e. The number of rotatable bonds is 6. The minimum absolute atomic E-state index is 0.00530. The van der Waals surface area contributed by atoms with Gasteiger partial charge in [-0.25, -0.2) is 0 Å². The van der Waals surface area contributed by atoms with Crippen molar-refractivity contribution in [1.82, 2.24) is 5.32 Å². The summed E-state index contributed by atoms with van der Waals surface area (Å²) in [5, 5.41) is 19.9. The lowest BCUT2D eigenvalue weighted by Crippen LogP contribution is -2.28. The van der Waals surface area contributed by atoms with Crippen LogP contribution in [0.2, 0.25) is 0 Å². The third-order valence-electron chi connectivity index (χ3n) is 2.16. The van der Waals surface area contributed by atoms with E-state index in [1.807, 2.05) is 12.2 Å². The van der Waals surface area contributed by atoms with E-state index in [1.165, 1.54) is 0 Å². The highest BCUT2D eigenvalue weighted by Crippen LogP contribution is 2.12. The second kappa shape index (κ2) is 6.65. The monoisotopic (exact) mass is 241 g/mol. The number of carbonyl (C=O) groups is 1. The van der Waals surface area contributed by atoms with Crippen LogP contribution in [0, 0.1) is 0 Å². The molecule has 0 amide bonds. The van der Waals surface area contributed by atoms with Gasteiger partial charge >= 0.3 is 0 Å². The fourth-order valence-corrected chi connectivity index (χ4v) is 1.64. The smallest absolute Gasteiger partial charge is 0.165 e. The second-order valence-electron chi connectivity index (χ2n) is 3.49. The number of nitrogens with one attached hydrogen (secondary N) is 1. The van der Waals surface area contributed by atoms with Crippen LogP contribution in [0.3, 0.4) is 0 Å². The van der Waals surface area contributed by atoms with Crippen LogP contribution in [-0.2, 0) is 4.79 Å². The average Bonchev–Trinajstić information content (AvgIpc) is 2.24. The first kappa shape index (κ1) is 13.2. The maximum Gasteiger partial charge on any atom is 0.165 e. The predicted octanol–water partition coefficient (Wildman–Crippen LogP) is 0.102. The van der Waals surface area contributed by atoms with E-state index in [4.69, 9.17) is 22.4 Å². The van der Waals surface area contributed by atoms with Gasteiger partial charge in [0.2, 0.25) is 0 Å². The summed E-state index contributed by atoms with van der Waals surface area (Å²) in [5.74, 6) is -0.00530. The molecule has 0 spiro atoms. The first-order chi connectivity index (χ1) is 7.61. The van der Waals surface area contributed by atoms with Crippen molar-refractivity contribution in [2.24, 2.45) is 0 Å². The van der Waals surface area contributed by atoms with Crippen molar-refractivity contribution in [3.05, 3.63) is 23.8 Å². The molecular weight excluding hydrogens is 226 g/mol. The van der Waals surface area contributed by atoms with Gasteiger partial charge in [-0.3, -0.25) is 4.79 Å². The van der Waals surface area contributed by atoms with Gasteiger partial charge in [0, 0.05) is 36.4 Å². The molecule has 1 rings (SSSR count). The topological polar surface area (TPSA) is 69.6 Å². The van der Waals surface area contributed by atoms with E-state index in [-0.39, 0.29) is 12.3 Å². The van der Waals surface area contributed by atoms with Crippen LogP contribution in [0.15, 0.2) is 23.8 Å². The molecule has 0 unspecified atom stereocenters. The summed E-state index contributed by atoms with van der Waals surface area (Å²) >= 11 is 5.08. The highest BCUT2D eigenvalue weighted by molar-refractivity contribution is 7.81. The summed E-state index contributed by atoms with van der Waals surface area (Å²) in [6.07, 6.45) is 5.05. The number of hydrogen-bond acceptors (Lipinski definition) is 5. The number of allylic oxidation sites excluding steroid dienone is 4. The summed E-state index contributed by atoms with van der Waals surface area (Å²) in [6.45, 7) is 0.483. The molecule has 1 aliphatic carbocycles. The van der Waals surface area contributed by atoms with Crippen molar-refractivity contribution in [1.29, 1.82) is 0 Å². The van der Waals surface area contributed by atoms with Crippen LogP contribution in [0.25, 0.3) is 0 Å². The van der Waals surface area contributed by atoms with Crippen molar-refractivity contribution < 1.29 is 15.0 Å². The van der Waals surface area contributed by atoms with E-state index in [0.29, 0.717) is 29.8 Å². The van der Waals surface area contributed by atoms with Gasteiger partial charge in [-0.2, -0.15) is 0 Å². The van der Waals surface area contributed by atoms with Crippen LogP contribution in [-0.4, -0.2) is 40.2 Å². The first-order valence-electron chi connectivity index (χ1n) is 5.11. The van der Waals surface area contributed by atoms with Crippen molar-refractivity contribution in [2.45, 2.75) is 19.1 Å². The number of carbonyl (C=O) groups excluding carboxylic acids is 1. The third kappa shape index (κ3) is 4.32. The normalized spacial score (nSPS) is 15.4. The van der Waals surface area contributed by atoms with E-state index >= 15 is 0 Å². The summed E-state index contributed by atoms with van der Waals surface area (Å²) in [4.78, 5) is 12.4. The Morgan fingerprint density at radius 3 is 2.94 bits per heavy atom. The molecule has 88 valence electrons. The lowest BCUT2D eigenvalue weighted by atomic mass is 9.99. The maximum absolute atomic E-state index is 11.7. The van der Waals surface area contributed by atoms with Crippen molar-refractivity contribution in [2.75, 3.05) is 13.1 Å². The zero-order chi connectivity index (χ0) is 12.0. The Bertz CT molecular complexity index is 334. The molecule has 1 aliphatic rings. The highest BCUT2D eigenvalue weighted by Gasteiger charge is 2.14. The third-order valence-corrected chi connectivity index (χ3v) is 2.55. The molecule has 3 N–H and O–H groups in total. The highest BCUT2D eigenvalue weighted by atomic mass is 32.1. The quantitative estimate of drug-likeness (QED) is 0.350. The summed E-state index contributed by atoms with van der Waals surface area (Å²) in [7, 11) is 0. The van der Waals surface area contributed by atoms with E-state index < -0.39 is 6.29 Å². The number of thiocarbonyl (C=S) groups is 1. The van der Waals surface area contributed by atoms with Crippen LogP contribution in [0.4, 0.5) is 0 Å². The lowest BCUT2D eigenvalue weighted by molar-refractivity contribution is -0.115. The molecule has 0 radical (unpaired) electrons. The molecular formula is C11H15NO3S. The van der Waals surface area contributed by atoms with Crippen LogP contribution >= 0.6 is 12.2 Å². The fourth-order valence-electron chi connectivity index (χ4n) is 1.36. The van der Waals surface area contributed by atoms with Crippen molar-refractivity contribution >= 4 is 22.9 Å². The molecule has 0 aromatic carbocycles. The Balaban J connectivity index is 2.32. The molecule has 0 saturated heterocycles. The Morgan fingerprint density at radius 1 is 1.56 bits per heavy atom. The van der Waals surface area contributed by atoms with Gasteiger partial charge in [0.05, 0.1) is 0 Å². The Morgan fingerprint density at radius 2 is 2.31 bits per heavy atom. The van der Waals surface area contributed by atoms with Gasteiger partial charge in [-0.05, 0) is 0 Å². The number of hydrogen-bond donors (Lipinski definition) is 3.